The number of amides is 4. The highest BCUT2D eigenvalue weighted by Gasteiger charge is 2.42. The summed E-state index contributed by atoms with van der Waals surface area (Å²) in [5.74, 6) is -0.383. The molecule has 1 aromatic rings. The van der Waals surface area contributed by atoms with E-state index in [2.05, 4.69) is 0 Å². The molecule has 2 heterocycles. The number of likely N-dealkylation sites (tertiary alicyclic amines) is 1. The molecule has 4 amide bonds. The van der Waals surface area contributed by atoms with Gasteiger partial charge in [-0.3, -0.25) is 24.0 Å². The number of rotatable bonds is 7. The van der Waals surface area contributed by atoms with Gasteiger partial charge in [0.1, 0.15) is 6.61 Å². The average Bonchev–Trinajstić information content (AvgIpc) is 3.28. The molecule has 2 aliphatic heterocycles. The number of imide groups is 1. The van der Waals surface area contributed by atoms with Crippen molar-refractivity contribution in [3.63, 3.8) is 0 Å². The van der Waals surface area contributed by atoms with Gasteiger partial charge in [-0.2, -0.15) is 8.42 Å². The Kier molecular flexibility index (Phi) is 7.17. The van der Waals surface area contributed by atoms with Crippen LogP contribution in [-0.2, 0) is 30.4 Å². The minimum atomic E-state index is -3.77. The van der Waals surface area contributed by atoms with E-state index >= 15 is 0 Å². The van der Waals surface area contributed by atoms with E-state index in [1.54, 1.807) is 0 Å². The van der Waals surface area contributed by atoms with Crippen LogP contribution in [0.4, 0.5) is 15.3 Å². The number of carbonyl (C=O) groups excluding carboxylic acids is 3. The van der Waals surface area contributed by atoms with Crippen molar-refractivity contribution in [2.75, 3.05) is 32.4 Å². The summed E-state index contributed by atoms with van der Waals surface area (Å²) in [7, 11) is -3.77. The Morgan fingerprint density at radius 2 is 1.88 bits per heavy atom. The molecule has 2 aliphatic rings. The number of carbonyl (C=O) groups is 3. The van der Waals surface area contributed by atoms with Gasteiger partial charge < -0.3 is 14.5 Å². The van der Waals surface area contributed by atoms with Crippen molar-refractivity contribution >= 4 is 33.8 Å². The highest BCUT2D eigenvalue weighted by atomic mass is 32.2. The zero-order valence-electron chi connectivity index (χ0n) is 18.1. The van der Waals surface area contributed by atoms with E-state index in [0.29, 0.717) is 5.56 Å². The summed E-state index contributed by atoms with van der Waals surface area (Å²) in [6.07, 6.45) is -0.484. The maximum atomic E-state index is 12.8. The van der Waals surface area contributed by atoms with Gasteiger partial charge >= 0.3 is 12.1 Å². The maximum Gasteiger partial charge on any atom is 0.410 e. The van der Waals surface area contributed by atoms with Crippen LogP contribution in [0, 0.1) is 10.1 Å². The molecule has 0 aliphatic carbocycles. The second kappa shape index (κ2) is 9.70. The number of benzene rings is 1. The number of nitro groups is 1. The summed E-state index contributed by atoms with van der Waals surface area (Å²) in [6, 6.07) is 4.43. The molecule has 0 unspecified atom stereocenters. The van der Waals surface area contributed by atoms with E-state index in [1.165, 1.54) is 41.0 Å². The summed E-state index contributed by atoms with van der Waals surface area (Å²) in [5.41, 5.74) is 0.431. The number of ether oxygens (including phenoxy) is 1. The fraction of sp³-hybridized carbons (Fsp3) is 0.526. The number of hydrogen-bond donors (Lipinski definition) is 0. The van der Waals surface area contributed by atoms with Crippen LogP contribution >= 0.6 is 0 Å². The lowest BCUT2D eigenvalue weighted by Gasteiger charge is -2.27. The largest absolute Gasteiger partial charge is 0.445 e. The number of non-ortho nitro benzene ring substituents is 1. The number of hydrogen-bond acceptors (Lipinski definition) is 9. The highest BCUT2D eigenvalue weighted by molar-refractivity contribution is 7.86. The molecule has 0 N–H and O–H groups in total. The summed E-state index contributed by atoms with van der Waals surface area (Å²) in [4.78, 5) is 50.8. The predicted molar refractivity (Wildman–Crippen MR) is 112 cm³/mol. The van der Waals surface area contributed by atoms with Gasteiger partial charge in [0.25, 0.3) is 15.8 Å². The minimum Gasteiger partial charge on any atom is -0.445 e. The van der Waals surface area contributed by atoms with Crippen molar-refractivity contribution in [3.8, 4) is 0 Å². The summed E-state index contributed by atoms with van der Waals surface area (Å²) in [6.45, 7) is 1.67. The van der Waals surface area contributed by atoms with Crippen molar-refractivity contribution in [1.82, 2.24) is 14.7 Å². The van der Waals surface area contributed by atoms with Gasteiger partial charge in [0.05, 0.1) is 29.9 Å². The van der Waals surface area contributed by atoms with Gasteiger partial charge in [0.2, 0.25) is 5.91 Å². The molecule has 14 heteroatoms. The summed E-state index contributed by atoms with van der Waals surface area (Å²) in [5, 5.41) is 10.8. The predicted octanol–water partition coefficient (Wildman–Crippen LogP) is 0.935. The third kappa shape index (κ3) is 6.16. The van der Waals surface area contributed by atoms with Crippen molar-refractivity contribution in [1.29, 1.82) is 0 Å². The first kappa shape index (κ1) is 24.4. The van der Waals surface area contributed by atoms with E-state index in [4.69, 9.17) is 8.92 Å². The first-order valence-electron chi connectivity index (χ1n) is 10.1. The van der Waals surface area contributed by atoms with Crippen LogP contribution in [-0.4, -0.2) is 90.7 Å². The van der Waals surface area contributed by atoms with Crippen LogP contribution in [0.1, 0.15) is 18.9 Å². The van der Waals surface area contributed by atoms with E-state index < -0.39 is 39.3 Å². The molecular formula is C19H24N4O9S. The zero-order chi connectivity index (χ0) is 24.3. The molecule has 0 bridgehead atoms. The molecule has 0 aromatic heterocycles. The molecule has 0 spiro atoms. The summed E-state index contributed by atoms with van der Waals surface area (Å²) >= 11 is 0. The SMILES string of the molecule is CC(=O)N1CCN(C[C@@H]2C[C@@H](OS(C)(=O)=O)CN2C(=O)OCc2ccc([N+](=O)[O-])cc2)C1=O. The molecule has 180 valence electrons. The molecule has 0 radical (unpaired) electrons. The number of nitrogens with zero attached hydrogens (tertiary/aromatic N) is 4. The molecular weight excluding hydrogens is 460 g/mol. The molecule has 1 aromatic carbocycles. The molecule has 0 saturated carbocycles. The van der Waals surface area contributed by atoms with Crippen molar-refractivity contribution in [2.24, 2.45) is 0 Å². The fourth-order valence-electron chi connectivity index (χ4n) is 3.83. The van der Waals surface area contributed by atoms with Crippen molar-refractivity contribution in [3.05, 3.63) is 39.9 Å². The van der Waals surface area contributed by atoms with E-state index in [0.717, 1.165) is 11.2 Å². The highest BCUT2D eigenvalue weighted by Crippen LogP contribution is 2.25. The third-order valence-electron chi connectivity index (χ3n) is 5.34. The van der Waals surface area contributed by atoms with Crippen LogP contribution in [0.2, 0.25) is 0 Å². The van der Waals surface area contributed by atoms with Gasteiger partial charge in [-0.05, 0) is 24.1 Å². The second-order valence-corrected chi connectivity index (χ2v) is 9.44. The Bertz CT molecular complexity index is 1040. The first-order chi connectivity index (χ1) is 15.4. The molecule has 2 atom stereocenters. The Balaban J connectivity index is 1.67. The minimum absolute atomic E-state index is 0.0602. The van der Waals surface area contributed by atoms with Crippen molar-refractivity contribution < 1.29 is 36.6 Å². The standard InChI is InChI=1S/C19H24N4O9S/c1-13(24)21-8-7-20(18(21)25)10-16-9-17(32-33(2,29)30)11-22(16)19(26)31-12-14-3-5-15(6-4-14)23(27)28/h3-6,16-17H,7-12H2,1-2H3/t16-,17+/m0/s1. The third-order valence-corrected chi connectivity index (χ3v) is 5.96. The maximum absolute atomic E-state index is 12.8. The summed E-state index contributed by atoms with van der Waals surface area (Å²) < 4.78 is 33.5. The topological polar surface area (TPSA) is 157 Å². The average molecular weight is 484 g/mol. The molecule has 33 heavy (non-hydrogen) atoms. The van der Waals surface area contributed by atoms with Crippen LogP contribution in [0.15, 0.2) is 24.3 Å². The van der Waals surface area contributed by atoms with Crippen LogP contribution in [0.5, 0.6) is 0 Å². The monoisotopic (exact) mass is 484 g/mol. The van der Waals surface area contributed by atoms with E-state index in [-0.39, 0.29) is 50.8 Å². The van der Waals surface area contributed by atoms with E-state index in [1.807, 2.05) is 0 Å². The van der Waals surface area contributed by atoms with E-state index in [9.17, 15) is 32.9 Å². The molecule has 2 fully saturated rings. The molecule has 3 rings (SSSR count). The van der Waals surface area contributed by atoms with Gasteiger partial charge in [-0.25, -0.2) is 9.59 Å². The zero-order valence-corrected chi connectivity index (χ0v) is 18.9. The number of nitro benzene ring substituents is 1. The van der Waals surface area contributed by atoms with Gasteiger partial charge in [-0.15, -0.1) is 0 Å². The lowest BCUT2D eigenvalue weighted by molar-refractivity contribution is -0.384. The lowest BCUT2D eigenvalue weighted by atomic mass is 10.2. The molecule has 2 saturated heterocycles. The van der Waals surface area contributed by atoms with Crippen LogP contribution < -0.4 is 0 Å². The Labute approximate surface area is 190 Å². The Morgan fingerprint density at radius 3 is 2.42 bits per heavy atom. The second-order valence-electron chi connectivity index (χ2n) is 7.84. The lowest BCUT2D eigenvalue weighted by Crippen LogP contribution is -2.45. The van der Waals surface area contributed by atoms with Crippen LogP contribution in [0.3, 0.4) is 0 Å². The molecule has 13 nitrogen and oxygen atoms in total. The normalized spacial score (nSPS) is 20.9. The van der Waals surface area contributed by atoms with Gasteiger partial charge in [0.15, 0.2) is 0 Å². The van der Waals surface area contributed by atoms with Crippen LogP contribution in [0.25, 0.3) is 0 Å². The Hall–Kier alpha value is -3.26. The smallest absolute Gasteiger partial charge is 0.410 e. The van der Waals surface area contributed by atoms with Crippen molar-refractivity contribution in [2.45, 2.75) is 32.1 Å². The fourth-order valence-corrected chi connectivity index (χ4v) is 4.46. The number of urea groups is 1. The van der Waals surface area contributed by atoms with Gasteiger partial charge in [-0.1, -0.05) is 0 Å². The first-order valence-corrected chi connectivity index (χ1v) is 11.9. The van der Waals surface area contributed by atoms with Gasteiger partial charge in [0, 0.05) is 38.7 Å². The Morgan fingerprint density at radius 1 is 1.21 bits per heavy atom. The quantitative estimate of drug-likeness (QED) is 0.312.